The van der Waals surface area contributed by atoms with E-state index < -0.39 is 39.5 Å². The molecule has 8 rings (SSSR count). The molecule has 31 heteroatoms. The summed E-state index contributed by atoms with van der Waals surface area (Å²) in [6.07, 6.45) is 8.00. The molecule has 87 heavy (non-hydrogen) atoms. The van der Waals surface area contributed by atoms with Crippen LogP contribution < -0.4 is 66.7 Å². The van der Waals surface area contributed by atoms with Crippen molar-refractivity contribution in [2.45, 2.75) is 137 Å². The average molecular weight is 1240 g/mol. The monoisotopic (exact) mass is 1230 g/mol. The molecular weight excluding hydrogens is 1140 g/mol. The van der Waals surface area contributed by atoms with Crippen molar-refractivity contribution in [2.24, 2.45) is 38.9 Å². The van der Waals surface area contributed by atoms with E-state index in [0.717, 1.165) is 25.8 Å². The maximum Gasteiger partial charge on any atom is 1.00 e. The van der Waals surface area contributed by atoms with Crippen LogP contribution >= 0.6 is 0 Å². The number of aliphatic carboxylic acids is 2. The number of aliphatic hydroxyl groups excluding tert-OH is 1. The van der Waals surface area contributed by atoms with Crippen molar-refractivity contribution in [1.29, 1.82) is 0 Å². The number of aliphatic hydroxyl groups is 1. The second-order valence-electron chi connectivity index (χ2n) is 22.1. The molecule has 0 aromatic carbocycles. The summed E-state index contributed by atoms with van der Waals surface area (Å²) in [6, 6.07) is 0. The van der Waals surface area contributed by atoms with Gasteiger partial charge in [0, 0.05) is 118 Å². The van der Waals surface area contributed by atoms with Gasteiger partial charge in [-0.1, -0.05) is 28.2 Å². The molecule has 8 fully saturated rings. The van der Waals surface area contributed by atoms with Crippen LogP contribution in [0.5, 0.6) is 0 Å². The molecule has 13 N–H and O–H groups in total. The van der Waals surface area contributed by atoms with Crippen molar-refractivity contribution < 1.29 is 116 Å². The minimum Gasteiger partial charge on any atom is -0.870 e. The van der Waals surface area contributed by atoms with Gasteiger partial charge in [0.25, 0.3) is 0 Å². The van der Waals surface area contributed by atoms with Crippen molar-refractivity contribution in [1.82, 2.24) is 52.8 Å². The van der Waals surface area contributed by atoms with Crippen molar-refractivity contribution in [3.05, 3.63) is 0 Å². The molecule has 490 valence electrons. The molecule has 1 spiro atoms. The fraction of sp³-hybridized carbons (Fsp3) is 0.750. The van der Waals surface area contributed by atoms with Gasteiger partial charge in [-0.15, -0.1) is 0 Å². The van der Waals surface area contributed by atoms with Gasteiger partial charge in [0.15, 0.2) is 0 Å². The van der Waals surface area contributed by atoms with Crippen LogP contribution in [0.15, 0.2) is 0 Å². The minimum absolute atomic E-state index is 0. The molecule has 0 saturated carbocycles. The maximum atomic E-state index is 11.6. The molecule has 8 heterocycles. The van der Waals surface area contributed by atoms with Gasteiger partial charge in [-0.2, -0.15) is 0 Å². The summed E-state index contributed by atoms with van der Waals surface area (Å²) < 4.78 is 9.23. The number of carboxylic acids is 2. The normalized spacial score (nSPS) is 27.4. The van der Waals surface area contributed by atoms with E-state index in [1.807, 2.05) is 20.8 Å². The van der Waals surface area contributed by atoms with Crippen LogP contribution in [0.2, 0.25) is 0 Å². The quantitative estimate of drug-likeness (QED) is 0.0558. The van der Waals surface area contributed by atoms with Crippen molar-refractivity contribution in [3.8, 4) is 0 Å². The topological polar surface area (TPSA) is 460 Å². The van der Waals surface area contributed by atoms with E-state index in [0.29, 0.717) is 104 Å². The van der Waals surface area contributed by atoms with Gasteiger partial charge < -0.3 is 83.0 Å². The summed E-state index contributed by atoms with van der Waals surface area (Å²) in [6.45, 7) is 10.00. The van der Waals surface area contributed by atoms with Gasteiger partial charge in [-0.25, -0.2) is 0 Å². The fourth-order valence-electron chi connectivity index (χ4n) is 10.9. The van der Waals surface area contributed by atoms with Gasteiger partial charge in [0.1, 0.15) is 0 Å². The number of carboxylic acid groups (broad SMARTS) is 2. The standard InChI is InChI=1S/C9H16N2O2.C9H15NO3.C8H14N2O3.C8H12N2O2.C8H13NO3.C7H11NO3.C6H9NO3.CH4.Li.H2O/c1-3-9(8(13)10-2)4-5-11-7(12)6-9;1-3-9(8(12)13-2)4-5-10-7(11)6-9;1-9-7(13)8(5-11)2-3-10-6(12)4-8;1-10-5-8(7(10)12)2-3-9-6(11)4-8;1-2-8(7(11)12)3-4-9-6(10)5-8;1-11-7(10)5-2-3-8-6(9)4-5;8-5-3-4(6(9)10)1-2-7-5;;;/h3-6H2,1-2H3,(H,10,13)(H,11,12);3-6H2,1-2H3,(H,10,11);11H,2-5H2,1H3,(H,9,13)(H,10,12);2-5H2,1H3,(H,9,11);2-5H2,1H3,(H,9,10)(H,11,12);5H,2-4H2,1H3,(H,8,9);4H,1-3H2,(H,7,8)(H,9,10);1H4;;1H2/q;;;;;;;;+1;/p-1. The molecule has 0 aromatic rings. The van der Waals surface area contributed by atoms with E-state index in [2.05, 4.69) is 52.6 Å². The number of carbonyl (C=O) groups excluding carboxylic acids is 12. The largest absolute Gasteiger partial charge is 1.00 e. The maximum absolute atomic E-state index is 11.6. The predicted octanol–water partition coefficient (Wildman–Crippen LogP) is -4.40. The predicted molar refractivity (Wildman–Crippen MR) is 307 cm³/mol. The number of rotatable bonds is 10. The van der Waals surface area contributed by atoms with Crippen LogP contribution in [0.1, 0.15) is 137 Å². The minimum atomic E-state index is -0.906. The zero-order valence-corrected chi connectivity index (χ0v) is 51.3. The van der Waals surface area contributed by atoms with Crippen LogP contribution in [0, 0.1) is 38.9 Å². The first-order valence-electron chi connectivity index (χ1n) is 28.4. The van der Waals surface area contributed by atoms with Gasteiger partial charge >= 0.3 is 42.7 Å². The molecule has 10 amide bonds. The third-order valence-electron chi connectivity index (χ3n) is 16.7. The second-order valence-corrected chi connectivity index (χ2v) is 22.1. The Kier molecular flexibility index (Phi) is 36.9. The Morgan fingerprint density at radius 3 is 1.22 bits per heavy atom. The Morgan fingerprint density at radius 2 is 0.885 bits per heavy atom. The molecule has 0 aromatic heterocycles. The first-order valence-corrected chi connectivity index (χ1v) is 28.4. The molecule has 7 unspecified atom stereocenters. The van der Waals surface area contributed by atoms with Crippen molar-refractivity contribution in [2.75, 3.05) is 94.3 Å². The van der Waals surface area contributed by atoms with E-state index >= 15 is 0 Å². The zero-order valence-electron chi connectivity index (χ0n) is 51.3. The summed E-state index contributed by atoms with van der Waals surface area (Å²) in [5.74, 6) is -3.67. The molecule has 7 atom stereocenters. The summed E-state index contributed by atoms with van der Waals surface area (Å²) in [7, 11) is 7.61. The summed E-state index contributed by atoms with van der Waals surface area (Å²) in [4.78, 5) is 156. The van der Waals surface area contributed by atoms with Crippen LogP contribution in [0.3, 0.4) is 0 Å². The number of ether oxygens (including phenoxy) is 2. The van der Waals surface area contributed by atoms with Crippen molar-refractivity contribution >= 4 is 82.9 Å². The number of β-lactam (4-membered cyclic amide) rings is 1. The van der Waals surface area contributed by atoms with Crippen LogP contribution in [0.25, 0.3) is 0 Å². The Hall–Kier alpha value is -6.90. The number of likely N-dealkylation sites (tertiary alicyclic amines) is 1. The van der Waals surface area contributed by atoms with Crippen molar-refractivity contribution in [3.63, 3.8) is 0 Å². The van der Waals surface area contributed by atoms with E-state index in [4.69, 9.17) is 20.1 Å². The molecule has 30 nitrogen and oxygen atoms in total. The summed E-state index contributed by atoms with van der Waals surface area (Å²) >= 11 is 0. The molecule has 0 aliphatic carbocycles. The smallest absolute Gasteiger partial charge is 0.870 e. The number of hydrogen-bond acceptors (Lipinski definition) is 18. The number of methoxy groups -OCH3 is 2. The van der Waals surface area contributed by atoms with E-state index in [1.165, 1.54) is 21.3 Å². The molecule has 8 saturated heterocycles. The third kappa shape index (κ3) is 24.0. The number of esters is 2. The molecule has 8 aliphatic heterocycles. The summed E-state index contributed by atoms with van der Waals surface area (Å²) in [5.41, 5.74) is -3.06. The molecule has 8 aliphatic rings. The van der Waals surface area contributed by atoms with Gasteiger partial charge in [-0.05, 0) is 64.2 Å². The number of hydrogen-bond donors (Lipinski definition) is 12. The Balaban J connectivity index is 0. The molecule has 0 radical (unpaired) electrons. The third-order valence-corrected chi connectivity index (χ3v) is 16.7. The van der Waals surface area contributed by atoms with E-state index in [9.17, 15) is 67.1 Å². The van der Waals surface area contributed by atoms with E-state index in [1.54, 1.807) is 19.0 Å². The number of nitrogens with zero attached hydrogens (tertiary/aromatic N) is 1. The number of carbonyl (C=O) groups is 14. The molecular formula is C56H95LiN10O20. The Bertz CT molecular complexity index is 2280. The first kappa shape index (κ1) is 82.2. The Labute approximate surface area is 520 Å². The van der Waals surface area contributed by atoms with E-state index in [-0.39, 0.29) is 153 Å². The van der Waals surface area contributed by atoms with Gasteiger partial charge in [-0.3, -0.25) is 67.1 Å². The number of amides is 10. The van der Waals surface area contributed by atoms with Gasteiger partial charge in [0.05, 0.1) is 59.7 Å². The Morgan fingerprint density at radius 1 is 0.529 bits per heavy atom. The average Bonchev–Trinajstić information content (AvgIpc) is 3.60. The SMILES string of the molecule is C.CCC1(C(=O)NC)CCNC(=O)C1.CCC1(C(=O)O)CCNC(=O)C1.CCC1(C(=O)OC)CCNC(=O)C1.CN1CC2(CCNC(=O)C2)C1=O.CNC(=O)C1(CO)CCNC(=O)C1.COC(=O)C1CCNC(=O)C1.O=C1CC(C(=O)O)CCN1.[Li+].[OH-]. The number of nitrogens with one attached hydrogen (secondary N) is 9. The van der Waals surface area contributed by atoms with Crippen LogP contribution in [-0.4, -0.2) is 203 Å². The number of piperidine rings is 7. The van der Waals surface area contributed by atoms with Crippen LogP contribution in [-0.2, 0) is 76.6 Å². The first-order chi connectivity index (χ1) is 39.6. The summed E-state index contributed by atoms with van der Waals surface area (Å²) in [5, 5.41) is 50.2. The van der Waals surface area contributed by atoms with Crippen LogP contribution in [0.4, 0.5) is 0 Å². The molecule has 0 bridgehead atoms. The van der Waals surface area contributed by atoms with Gasteiger partial charge in [0.2, 0.25) is 59.1 Å². The fourth-order valence-corrected chi connectivity index (χ4v) is 10.9. The zero-order chi connectivity index (χ0) is 63.5. The second kappa shape index (κ2) is 39.1.